The van der Waals surface area contributed by atoms with E-state index in [1.165, 1.54) is 34.9 Å². The molecule has 0 aliphatic heterocycles. The van der Waals surface area contributed by atoms with Crippen LogP contribution in [-0.4, -0.2) is 51.0 Å². The zero-order valence-corrected chi connectivity index (χ0v) is 14.1. The average molecular weight is 334 g/mol. The lowest BCUT2D eigenvalue weighted by atomic mass is 10.5. The van der Waals surface area contributed by atoms with Crippen LogP contribution in [0, 0.1) is 0 Å². The molecule has 2 amide bonds. The number of carbonyl (C=O) groups excluding carboxylic acids is 2. The second-order valence-electron chi connectivity index (χ2n) is 3.85. The van der Waals surface area contributed by atoms with Crippen LogP contribution in [0.15, 0.2) is 8.68 Å². The SMILES string of the molecule is CCN(CC)C(=O)CSc1nnc(S[C@@H](C)C(N)=O)s1. The fourth-order valence-corrected chi connectivity index (χ4v) is 4.32. The summed E-state index contributed by atoms with van der Waals surface area (Å²) in [4.78, 5) is 24.6. The van der Waals surface area contributed by atoms with Crippen LogP contribution in [0.3, 0.4) is 0 Å². The lowest BCUT2D eigenvalue weighted by Crippen LogP contribution is -2.31. The van der Waals surface area contributed by atoms with Crippen molar-refractivity contribution >= 4 is 46.7 Å². The first kappa shape index (κ1) is 17.3. The summed E-state index contributed by atoms with van der Waals surface area (Å²) in [6, 6.07) is 0. The zero-order valence-electron chi connectivity index (χ0n) is 11.7. The van der Waals surface area contributed by atoms with E-state index in [-0.39, 0.29) is 17.1 Å². The molecule has 0 bridgehead atoms. The number of carbonyl (C=O) groups is 2. The third-order valence-corrected chi connectivity index (χ3v) is 5.75. The molecule has 1 aromatic rings. The average Bonchev–Trinajstić information content (AvgIpc) is 2.85. The van der Waals surface area contributed by atoms with Gasteiger partial charge in [0.05, 0.1) is 11.0 Å². The van der Waals surface area contributed by atoms with E-state index in [0.717, 1.165) is 4.34 Å². The van der Waals surface area contributed by atoms with Crippen molar-refractivity contribution in [1.82, 2.24) is 15.1 Å². The molecule has 1 heterocycles. The van der Waals surface area contributed by atoms with E-state index in [4.69, 9.17) is 5.73 Å². The van der Waals surface area contributed by atoms with Crippen LogP contribution in [0.25, 0.3) is 0 Å². The van der Waals surface area contributed by atoms with Crippen molar-refractivity contribution in [3.8, 4) is 0 Å². The van der Waals surface area contributed by atoms with Gasteiger partial charge in [0.25, 0.3) is 0 Å². The molecular weight excluding hydrogens is 316 g/mol. The topological polar surface area (TPSA) is 89.2 Å². The molecule has 9 heteroatoms. The van der Waals surface area contributed by atoms with Gasteiger partial charge < -0.3 is 10.6 Å². The Morgan fingerprint density at radius 1 is 1.30 bits per heavy atom. The molecule has 20 heavy (non-hydrogen) atoms. The minimum atomic E-state index is -0.379. The van der Waals surface area contributed by atoms with Crippen molar-refractivity contribution in [2.24, 2.45) is 5.73 Å². The fourth-order valence-electron chi connectivity index (χ4n) is 1.30. The molecule has 0 aliphatic rings. The van der Waals surface area contributed by atoms with Crippen LogP contribution in [0.2, 0.25) is 0 Å². The maximum atomic E-state index is 11.8. The van der Waals surface area contributed by atoms with E-state index in [0.29, 0.717) is 23.2 Å². The van der Waals surface area contributed by atoms with Gasteiger partial charge in [-0.25, -0.2) is 0 Å². The largest absolute Gasteiger partial charge is 0.369 e. The number of hydrogen-bond acceptors (Lipinski definition) is 7. The summed E-state index contributed by atoms with van der Waals surface area (Å²) in [5.74, 6) is 0.0674. The Labute approximate surface area is 130 Å². The molecule has 6 nitrogen and oxygen atoms in total. The summed E-state index contributed by atoms with van der Waals surface area (Å²) in [5, 5.41) is 7.64. The number of hydrogen-bond donors (Lipinski definition) is 1. The summed E-state index contributed by atoms with van der Waals surface area (Å²) in [6.45, 7) is 7.06. The highest BCUT2D eigenvalue weighted by Crippen LogP contribution is 2.31. The second-order valence-corrected chi connectivity index (χ2v) is 7.64. The van der Waals surface area contributed by atoms with E-state index in [9.17, 15) is 9.59 Å². The molecule has 0 radical (unpaired) electrons. The lowest BCUT2D eigenvalue weighted by molar-refractivity contribution is -0.128. The summed E-state index contributed by atoms with van der Waals surface area (Å²) in [5.41, 5.74) is 5.19. The summed E-state index contributed by atoms with van der Waals surface area (Å²) < 4.78 is 1.42. The smallest absolute Gasteiger partial charge is 0.233 e. The van der Waals surface area contributed by atoms with Gasteiger partial charge in [-0.2, -0.15) is 0 Å². The third kappa shape index (κ3) is 5.29. The van der Waals surface area contributed by atoms with E-state index < -0.39 is 0 Å². The number of primary amides is 1. The predicted molar refractivity (Wildman–Crippen MR) is 83.1 cm³/mol. The molecule has 0 aliphatic carbocycles. The van der Waals surface area contributed by atoms with Crippen molar-refractivity contribution in [1.29, 1.82) is 0 Å². The first-order valence-electron chi connectivity index (χ1n) is 6.17. The van der Waals surface area contributed by atoms with Gasteiger partial charge >= 0.3 is 0 Å². The molecule has 2 N–H and O–H groups in total. The minimum absolute atomic E-state index is 0.0925. The van der Waals surface area contributed by atoms with Crippen LogP contribution in [0.1, 0.15) is 20.8 Å². The van der Waals surface area contributed by atoms with E-state index in [1.54, 1.807) is 11.8 Å². The summed E-state index contributed by atoms with van der Waals surface area (Å²) >= 11 is 4.02. The predicted octanol–water partition coefficient (Wildman–Crippen LogP) is 1.46. The minimum Gasteiger partial charge on any atom is -0.369 e. The molecule has 112 valence electrons. The number of thioether (sulfide) groups is 2. The summed E-state index contributed by atoms with van der Waals surface area (Å²) in [7, 11) is 0. The van der Waals surface area contributed by atoms with Crippen molar-refractivity contribution in [2.45, 2.75) is 34.7 Å². The van der Waals surface area contributed by atoms with Crippen LogP contribution in [0.4, 0.5) is 0 Å². The Morgan fingerprint density at radius 3 is 2.45 bits per heavy atom. The molecular formula is C11H18N4O2S3. The Morgan fingerprint density at radius 2 is 1.90 bits per heavy atom. The zero-order chi connectivity index (χ0) is 15.1. The summed E-state index contributed by atoms with van der Waals surface area (Å²) in [6.07, 6.45) is 0. The number of nitrogens with zero attached hydrogens (tertiary/aromatic N) is 3. The van der Waals surface area contributed by atoms with Gasteiger partial charge in [-0.1, -0.05) is 34.9 Å². The van der Waals surface area contributed by atoms with Crippen molar-refractivity contribution in [3.05, 3.63) is 0 Å². The standard InChI is InChI=1S/C11H18N4O2S3/c1-4-15(5-2)8(16)6-18-10-13-14-11(20-10)19-7(3)9(12)17/h7H,4-6H2,1-3H3,(H2,12,17)/t7-/m0/s1. The van der Waals surface area contributed by atoms with Crippen LogP contribution in [0.5, 0.6) is 0 Å². The molecule has 0 unspecified atom stereocenters. The van der Waals surface area contributed by atoms with E-state index in [1.807, 2.05) is 13.8 Å². The van der Waals surface area contributed by atoms with Gasteiger partial charge in [-0.3, -0.25) is 9.59 Å². The first-order chi connectivity index (χ1) is 9.47. The van der Waals surface area contributed by atoms with Crippen molar-refractivity contribution in [2.75, 3.05) is 18.8 Å². The maximum Gasteiger partial charge on any atom is 0.233 e. The first-order valence-corrected chi connectivity index (χ1v) is 8.86. The number of nitrogens with two attached hydrogens (primary N) is 1. The highest BCUT2D eigenvalue weighted by atomic mass is 32.2. The molecule has 0 saturated carbocycles. The monoisotopic (exact) mass is 334 g/mol. The number of aromatic nitrogens is 2. The second kappa shape index (κ2) is 8.48. The van der Waals surface area contributed by atoms with Gasteiger partial charge in [-0.15, -0.1) is 10.2 Å². The van der Waals surface area contributed by atoms with E-state index >= 15 is 0 Å². The fraction of sp³-hybridized carbons (Fsp3) is 0.636. The Kier molecular flexibility index (Phi) is 7.31. The quantitative estimate of drug-likeness (QED) is 0.724. The molecule has 0 spiro atoms. The van der Waals surface area contributed by atoms with Crippen molar-refractivity contribution in [3.63, 3.8) is 0 Å². The number of amides is 2. The van der Waals surface area contributed by atoms with Crippen LogP contribution in [-0.2, 0) is 9.59 Å². The maximum absolute atomic E-state index is 11.8. The molecule has 1 rings (SSSR count). The van der Waals surface area contributed by atoms with Gasteiger partial charge in [0.1, 0.15) is 0 Å². The van der Waals surface area contributed by atoms with Gasteiger partial charge in [-0.05, 0) is 20.8 Å². The molecule has 0 saturated heterocycles. The Bertz CT molecular complexity index is 462. The van der Waals surface area contributed by atoms with Gasteiger partial charge in [0.2, 0.25) is 11.8 Å². The molecule has 1 aromatic heterocycles. The normalized spacial score (nSPS) is 12.2. The highest BCUT2D eigenvalue weighted by Gasteiger charge is 2.16. The van der Waals surface area contributed by atoms with Gasteiger partial charge in [0.15, 0.2) is 8.68 Å². The van der Waals surface area contributed by atoms with Gasteiger partial charge in [0, 0.05) is 13.1 Å². The number of rotatable bonds is 8. The third-order valence-electron chi connectivity index (χ3n) is 2.50. The molecule has 0 fully saturated rings. The Hall–Kier alpha value is -0.800. The van der Waals surface area contributed by atoms with Crippen LogP contribution >= 0.6 is 34.9 Å². The van der Waals surface area contributed by atoms with Crippen LogP contribution < -0.4 is 5.73 Å². The van der Waals surface area contributed by atoms with E-state index in [2.05, 4.69) is 10.2 Å². The molecule has 0 aromatic carbocycles. The molecule has 1 atom stereocenters. The Balaban J connectivity index is 2.48. The van der Waals surface area contributed by atoms with Crippen molar-refractivity contribution < 1.29 is 9.59 Å². The lowest BCUT2D eigenvalue weighted by Gasteiger charge is -2.17. The highest BCUT2D eigenvalue weighted by molar-refractivity contribution is 8.04.